The van der Waals surface area contributed by atoms with E-state index in [1.165, 1.54) is 0 Å². The van der Waals surface area contributed by atoms with Gasteiger partial charge >= 0.3 is 5.97 Å². The van der Waals surface area contributed by atoms with Crippen LogP contribution in [0.1, 0.15) is 15.9 Å². The van der Waals surface area contributed by atoms with Crippen molar-refractivity contribution in [3.63, 3.8) is 0 Å². The molecule has 5 heteroatoms. The molecule has 0 unspecified atom stereocenters. The second kappa shape index (κ2) is 5.72. The molecule has 4 nitrogen and oxygen atoms in total. The number of halogens is 1. The first-order chi connectivity index (χ1) is 7.65. The van der Waals surface area contributed by atoms with Crippen LogP contribution in [0.2, 0.25) is 0 Å². The van der Waals surface area contributed by atoms with Crippen molar-refractivity contribution in [2.45, 2.75) is 6.54 Å². The molecule has 0 saturated carbocycles. The molecule has 1 N–H and O–H groups in total. The number of benzene rings is 1. The molecule has 17 heavy (non-hydrogen) atoms. The van der Waals surface area contributed by atoms with Gasteiger partial charge in [0.05, 0.1) is 12.2 Å². The number of hydrogen-bond donors (Lipinski definition) is 1. The van der Waals surface area contributed by atoms with Crippen LogP contribution in [0.4, 0.5) is 0 Å². The Kier molecular flexibility index (Phi) is 4.57. The van der Waals surface area contributed by atoms with Gasteiger partial charge in [-0.15, -0.1) is 17.0 Å². The summed E-state index contributed by atoms with van der Waals surface area (Å²) >= 11 is 0. The van der Waals surface area contributed by atoms with Crippen LogP contribution in [0, 0.1) is 0 Å². The van der Waals surface area contributed by atoms with Gasteiger partial charge in [0.25, 0.3) is 0 Å². The lowest BCUT2D eigenvalue weighted by Gasteiger charge is -2.18. The normalized spacial score (nSPS) is 13.7. The third-order valence-corrected chi connectivity index (χ3v) is 2.52. The largest absolute Gasteiger partial charge is 0.478 e. The first-order valence-electron chi connectivity index (χ1n) is 5.10. The minimum Gasteiger partial charge on any atom is -0.478 e. The molecular weight excluding hydrogens is 284 g/mol. The molecule has 1 aromatic carbocycles. The van der Waals surface area contributed by atoms with Gasteiger partial charge in [-0.05, 0) is 17.7 Å². The van der Waals surface area contributed by atoms with Crippen molar-refractivity contribution < 1.29 is 9.90 Å². The lowest BCUT2D eigenvalue weighted by Crippen LogP contribution is -2.21. The highest BCUT2D eigenvalue weighted by atomic mass is 79.9. The van der Waals surface area contributed by atoms with Crippen molar-refractivity contribution >= 4 is 23.0 Å². The van der Waals surface area contributed by atoms with Crippen molar-refractivity contribution in [2.24, 2.45) is 0 Å². The summed E-state index contributed by atoms with van der Waals surface area (Å²) in [5.41, 5.74) is 1.45. The van der Waals surface area contributed by atoms with Crippen molar-refractivity contribution in [1.82, 2.24) is 9.80 Å². The zero-order chi connectivity index (χ0) is 11.5. The SMILES string of the molecule is Br.CN1C=CN(Cc2ccc(C(=O)O)cc2)C1. The maximum absolute atomic E-state index is 10.7. The second-order valence-corrected chi connectivity index (χ2v) is 3.95. The summed E-state index contributed by atoms with van der Waals surface area (Å²) in [7, 11) is 2.02. The minimum atomic E-state index is -0.882. The fourth-order valence-electron chi connectivity index (χ4n) is 1.68. The number of aromatic carboxylic acids is 1. The Morgan fingerprint density at radius 1 is 1.29 bits per heavy atom. The molecule has 0 atom stereocenters. The molecule has 0 amide bonds. The van der Waals surface area contributed by atoms with Crippen molar-refractivity contribution in [2.75, 3.05) is 13.7 Å². The first kappa shape index (κ1) is 13.6. The van der Waals surface area contributed by atoms with Crippen molar-refractivity contribution in [3.8, 4) is 0 Å². The first-order valence-corrected chi connectivity index (χ1v) is 5.10. The highest BCUT2D eigenvalue weighted by Crippen LogP contribution is 2.11. The van der Waals surface area contributed by atoms with Crippen molar-refractivity contribution in [3.05, 3.63) is 47.8 Å². The van der Waals surface area contributed by atoms with Crippen LogP contribution in [-0.2, 0) is 6.54 Å². The van der Waals surface area contributed by atoms with Gasteiger partial charge in [0.1, 0.15) is 0 Å². The quantitative estimate of drug-likeness (QED) is 0.928. The van der Waals surface area contributed by atoms with Gasteiger partial charge < -0.3 is 14.9 Å². The molecule has 1 aliphatic rings. The van der Waals surface area contributed by atoms with Crippen molar-refractivity contribution in [1.29, 1.82) is 0 Å². The van der Waals surface area contributed by atoms with Crippen LogP contribution in [-0.4, -0.2) is 34.6 Å². The van der Waals surface area contributed by atoms with E-state index in [0.717, 1.165) is 18.8 Å². The molecule has 0 spiro atoms. The smallest absolute Gasteiger partial charge is 0.335 e. The van der Waals surface area contributed by atoms with E-state index in [4.69, 9.17) is 5.11 Å². The summed E-state index contributed by atoms with van der Waals surface area (Å²) in [5.74, 6) is -0.882. The van der Waals surface area contributed by atoms with E-state index in [1.807, 2.05) is 31.6 Å². The Bertz CT molecular complexity index is 417. The van der Waals surface area contributed by atoms with Crippen LogP contribution in [0.25, 0.3) is 0 Å². The van der Waals surface area contributed by atoms with Crippen LogP contribution in [0.15, 0.2) is 36.7 Å². The lowest BCUT2D eigenvalue weighted by atomic mass is 10.1. The third kappa shape index (κ3) is 3.49. The van der Waals surface area contributed by atoms with Crippen LogP contribution in [0.5, 0.6) is 0 Å². The number of rotatable bonds is 3. The maximum Gasteiger partial charge on any atom is 0.335 e. The van der Waals surface area contributed by atoms with E-state index in [0.29, 0.717) is 5.56 Å². The van der Waals surface area contributed by atoms with E-state index >= 15 is 0 Å². The van der Waals surface area contributed by atoms with E-state index in [1.54, 1.807) is 12.1 Å². The summed E-state index contributed by atoms with van der Waals surface area (Å²) in [6.07, 6.45) is 4.05. The number of nitrogens with zero attached hydrogens (tertiary/aromatic N) is 2. The predicted molar refractivity (Wildman–Crippen MR) is 71.0 cm³/mol. The van der Waals surface area contributed by atoms with Gasteiger partial charge in [0, 0.05) is 26.0 Å². The zero-order valence-electron chi connectivity index (χ0n) is 9.54. The molecule has 0 saturated heterocycles. The van der Waals surface area contributed by atoms with Crippen LogP contribution >= 0.6 is 17.0 Å². The van der Waals surface area contributed by atoms with E-state index < -0.39 is 5.97 Å². The van der Waals surface area contributed by atoms with E-state index in [2.05, 4.69) is 9.80 Å². The van der Waals surface area contributed by atoms with Gasteiger partial charge in [-0.2, -0.15) is 0 Å². The van der Waals surface area contributed by atoms with Gasteiger partial charge in [0.15, 0.2) is 0 Å². The molecule has 0 fully saturated rings. The Hall–Kier alpha value is -1.49. The number of hydrogen-bond acceptors (Lipinski definition) is 3. The Morgan fingerprint density at radius 2 is 1.94 bits per heavy atom. The van der Waals surface area contributed by atoms with Gasteiger partial charge in [-0.3, -0.25) is 0 Å². The average molecular weight is 299 g/mol. The number of carboxylic acid groups (broad SMARTS) is 1. The molecule has 0 radical (unpaired) electrons. The maximum atomic E-state index is 10.7. The Balaban J connectivity index is 0.00000144. The Morgan fingerprint density at radius 3 is 2.41 bits per heavy atom. The van der Waals surface area contributed by atoms with Gasteiger partial charge in [-0.1, -0.05) is 12.1 Å². The van der Waals surface area contributed by atoms with Gasteiger partial charge in [0.2, 0.25) is 0 Å². The molecule has 0 aliphatic carbocycles. The van der Waals surface area contributed by atoms with E-state index in [-0.39, 0.29) is 17.0 Å². The predicted octanol–water partition coefficient (Wildman–Crippen LogP) is 2.14. The third-order valence-electron chi connectivity index (χ3n) is 2.52. The Labute approximate surface area is 111 Å². The number of carboxylic acids is 1. The topological polar surface area (TPSA) is 43.8 Å². The molecule has 1 heterocycles. The van der Waals surface area contributed by atoms with Crippen LogP contribution < -0.4 is 0 Å². The second-order valence-electron chi connectivity index (χ2n) is 3.95. The minimum absolute atomic E-state index is 0. The molecule has 92 valence electrons. The fourth-order valence-corrected chi connectivity index (χ4v) is 1.68. The van der Waals surface area contributed by atoms with E-state index in [9.17, 15) is 4.79 Å². The zero-order valence-corrected chi connectivity index (χ0v) is 11.2. The highest BCUT2D eigenvalue weighted by molar-refractivity contribution is 8.93. The summed E-state index contributed by atoms with van der Waals surface area (Å²) in [6.45, 7) is 1.68. The molecule has 0 bridgehead atoms. The molecule has 2 rings (SSSR count). The highest BCUT2D eigenvalue weighted by Gasteiger charge is 2.09. The monoisotopic (exact) mass is 298 g/mol. The summed E-state index contributed by atoms with van der Waals surface area (Å²) in [6, 6.07) is 6.99. The standard InChI is InChI=1S/C12H14N2O2.BrH/c1-13-6-7-14(9-13)8-10-2-4-11(5-3-10)12(15)16;/h2-7H,8-9H2,1H3,(H,15,16);1H. The molecule has 1 aromatic rings. The fraction of sp³-hybridized carbons (Fsp3) is 0.250. The van der Waals surface area contributed by atoms with Crippen LogP contribution in [0.3, 0.4) is 0 Å². The molecule has 1 aliphatic heterocycles. The average Bonchev–Trinajstić information content (AvgIpc) is 2.65. The summed E-state index contributed by atoms with van der Waals surface area (Å²) in [5, 5.41) is 8.77. The summed E-state index contributed by atoms with van der Waals surface area (Å²) in [4.78, 5) is 14.9. The molecule has 0 aromatic heterocycles. The van der Waals surface area contributed by atoms with Gasteiger partial charge in [-0.25, -0.2) is 4.79 Å². The summed E-state index contributed by atoms with van der Waals surface area (Å²) < 4.78 is 0. The number of carbonyl (C=O) groups is 1. The molecular formula is C12H15BrN2O2. The lowest BCUT2D eigenvalue weighted by molar-refractivity contribution is 0.0697.